The van der Waals surface area contributed by atoms with Gasteiger partial charge in [-0.1, -0.05) is 19.9 Å². The van der Waals surface area contributed by atoms with E-state index in [9.17, 15) is 0 Å². The fourth-order valence-corrected chi connectivity index (χ4v) is 2.19. The van der Waals surface area contributed by atoms with E-state index in [1.165, 1.54) is 0 Å². The number of hydrogen-bond acceptors (Lipinski definition) is 5. The number of nitrogens with two attached hydrogens (primary N) is 1. The number of nitrogens with zero attached hydrogens (tertiary/aromatic N) is 4. The monoisotopic (exact) mass is 285 g/mol. The van der Waals surface area contributed by atoms with Gasteiger partial charge in [-0.05, 0) is 19.1 Å². The van der Waals surface area contributed by atoms with Gasteiger partial charge in [0.15, 0.2) is 0 Å². The van der Waals surface area contributed by atoms with Gasteiger partial charge >= 0.3 is 0 Å². The number of aryl methyl sites for hydroxylation is 1. The average molecular weight is 285 g/mol. The van der Waals surface area contributed by atoms with Crippen LogP contribution in [0.25, 0.3) is 0 Å². The van der Waals surface area contributed by atoms with Crippen molar-refractivity contribution in [2.24, 2.45) is 5.73 Å². The summed E-state index contributed by atoms with van der Waals surface area (Å²) in [5.74, 6) is 1.13. The van der Waals surface area contributed by atoms with E-state index in [0.29, 0.717) is 19.0 Å². The molecule has 0 aliphatic carbocycles. The van der Waals surface area contributed by atoms with Crippen molar-refractivity contribution in [2.45, 2.75) is 39.8 Å². The first-order valence-electron chi connectivity index (χ1n) is 7.20. The van der Waals surface area contributed by atoms with Crippen molar-refractivity contribution in [2.75, 3.05) is 11.9 Å². The third-order valence-electron chi connectivity index (χ3n) is 3.33. The van der Waals surface area contributed by atoms with Crippen LogP contribution in [-0.4, -0.2) is 22.0 Å². The normalized spacial score (nSPS) is 11.0. The van der Waals surface area contributed by atoms with Crippen LogP contribution in [0.3, 0.4) is 0 Å². The molecule has 0 unspecified atom stereocenters. The molecule has 0 aliphatic rings. The molecule has 112 valence electrons. The van der Waals surface area contributed by atoms with Gasteiger partial charge in [-0.25, -0.2) is 9.97 Å². The van der Waals surface area contributed by atoms with Gasteiger partial charge in [-0.3, -0.25) is 4.98 Å². The van der Waals surface area contributed by atoms with Crippen molar-refractivity contribution in [1.82, 2.24) is 15.0 Å². The molecule has 5 heteroatoms. The molecule has 0 spiro atoms. The first kappa shape index (κ1) is 15.4. The van der Waals surface area contributed by atoms with E-state index in [0.717, 1.165) is 28.6 Å². The van der Waals surface area contributed by atoms with Crippen molar-refractivity contribution in [3.05, 3.63) is 47.3 Å². The van der Waals surface area contributed by atoms with E-state index in [1.807, 2.05) is 38.4 Å². The Morgan fingerprint density at radius 2 is 2.00 bits per heavy atom. The van der Waals surface area contributed by atoms with E-state index in [1.54, 1.807) is 0 Å². The van der Waals surface area contributed by atoms with Gasteiger partial charge in [0.25, 0.3) is 0 Å². The lowest BCUT2D eigenvalue weighted by atomic mass is 10.2. The second-order valence-electron chi connectivity index (χ2n) is 5.55. The Kier molecular flexibility index (Phi) is 4.85. The average Bonchev–Trinajstić information content (AvgIpc) is 2.46. The molecule has 2 aromatic rings. The predicted molar refractivity (Wildman–Crippen MR) is 85.1 cm³/mol. The highest BCUT2D eigenvalue weighted by Crippen LogP contribution is 2.20. The van der Waals surface area contributed by atoms with Crippen LogP contribution < -0.4 is 10.6 Å². The maximum absolute atomic E-state index is 5.84. The molecular weight excluding hydrogens is 262 g/mol. The molecule has 2 rings (SSSR count). The van der Waals surface area contributed by atoms with Crippen LogP contribution in [-0.2, 0) is 13.1 Å². The van der Waals surface area contributed by atoms with E-state index in [2.05, 4.69) is 33.7 Å². The Hall–Kier alpha value is -2.01. The van der Waals surface area contributed by atoms with E-state index in [4.69, 9.17) is 5.73 Å². The molecule has 0 saturated heterocycles. The summed E-state index contributed by atoms with van der Waals surface area (Å²) in [5, 5.41) is 0. The van der Waals surface area contributed by atoms with Crippen LogP contribution in [0.5, 0.6) is 0 Å². The van der Waals surface area contributed by atoms with Gasteiger partial charge in [0.1, 0.15) is 5.82 Å². The van der Waals surface area contributed by atoms with Gasteiger partial charge in [-0.2, -0.15) is 0 Å². The Balaban J connectivity index is 2.24. The minimum Gasteiger partial charge on any atom is -0.366 e. The van der Waals surface area contributed by atoms with Crippen LogP contribution in [0.4, 0.5) is 5.69 Å². The van der Waals surface area contributed by atoms with Crippen molar-refractivity contribution < 1.29 is 0 Å². The van der Waals surface area contributed by atoms with Crippen LogP contribution in [0.2, 0.25) is 0 Å². The summed E-state index contributed by atoms with van der Waals surface area (Å²) in [6.07, 6.45) is 1.86. The summed E-state index contributed by atoms with van der Waals surface area (Å²) in [4.78, 5) is 15.6. The molecule has 0 atom stereocenters. The highest BCUT2D eigenvalue weighted by Gasteiger charge is 2.12. The summed E-state index contributed by atoms with van der Waals surface area (Å²) < 4.78 is 0. The first-order valence-corrected chi connectivity index (χ1v) is 7.20. The maximum atomic E-state index is 5.84. The standard InChI is InChI=1S/C16H23N5/c1-11(2)16-18-9-15(14(8-17)20-16)21(4)10-13-7-5-6-12(3)19-13/h5-7,9,11H,8,10,17H2,1-4H3. The number of rotatable bonds is 5. The largest absolute Gasteiger partial charge is 0.366 e. The highest BCUT2D eigenvalue weighted by molar-refractivity contribution is 5.48. The van der Waals surface area contributed by atoms with Gasteiger partial charge in [0.05, 0.1) is 29.8 Å². The third-order valence-corrected chi connectivity index (χ3v) is 3.33. The molecule has 5 nitrogen and oxygen atoms in total. The summed E-state index contributed by atoms with van der Waals surface area (Å²) in [6, 6.07) is 6.04. The zero-order valence-electron chi connectivity index (χ0n) is 13.2. The molecule has 0 saturated carbocycles. The smallest absolute Gasteiger partial charge is 0.131 e. The summed E-state index contributed by atoms with van der Waals surface area (Å²) in [7, 11) is 2.01. The topological polar surface area (TPSA) is 67.9 Å². The van der Waals surface area contributed by atoms with Crippen molar-refractivity contribution in [3.8, 4) is 0 Å². The molecule has 0 aromatic carbocycles. The van der Waals surface area contributed by atoms with Crippen LogP contribution in [0, 0.1) is 6.92 Å². The zero-order chi connectivity index (χ0) is 15.4. The van der Waals surface area contributed by atoms with Crippen LogP contribution in [0.15, 0.2) is 24.4 Å². The Morgan fingerprint density at radius 1 is 1.24 bits per heavy atom. The fourth-order valence-electron chi connectivity index (χ4n) is 2.19. The minimum absolute atomic E-state index is 0.299. The molecule has 0 aliphatic heterocycles. The van der Waals surface area contributed by atoms with Crippen LogP contribution in [0.1, 0.15) is 42.7 Å². The molecule has 0 amide bonds. The summed E-state index contributed by atoms with van der Waals surface area (Å²) in [6.45, 7) is 7.27. The second kappa shape index (κ2) is 6.63. The molecule has 2 aromatic heterocycles. The Morgan fingerprint density at radius 3 is 2.62 bits per heavy atom. The fraction of sp³-hybridized carbons (Fsp3) is 0.438. The molecule has 0 bridgehead atoms. The van der Waals surface area contributed by atoms with Gasteiger partial charge < -0.3 is 10.6 Å². The number of hydrogen-bond donors (Lipinski definition) is 1. The van der Waals surface area contributed by atoms with Crippen molar-refractivity contribution in [1.29, 1.82) is 0 Å². The Bertz CT molecular complexity index is 609. The number of anilines is 1. The second-order valence-corrected chi connectivity index (χ2v) is 5.55. The molecule has 2 heterocycles. The SMILES string of the molecule is Cc1cccc(CN(C)c2cnc(C(C)C)nc2CN)n1. The van der Waals surface area contributed by atoms with Crippen molar-refractivity contribution >= 4 is 5.69 Å². The molecule has 0 radical (unpaired) electrons. The van der Waals surface area contributed by atoms with Gasteiger partial charge in [0.2, 0.25) is 0 Å². The van der Waals surface area contributed by atoms with E-state index in [-0.39, 0.29) is 0 Å². The number of aromatic nitrogens is 3. The predicted octanol–water partition coefficient (Wildman–Crippen LogP) is 2.40. The van der Waals surface area contributed by atoms with Gasteiger partial charge in [-0.15, -0.1) is 0 Å². The Labute approximate surface area is 126 Å². The first-order chi connectivity index (χ1) is 10.0. The lowest BCUT2D eigenvalue weighted by Crippen LogP contribution is -2.21. The summed E-state index contributed by atoms with van der Waals surface area (Å²) in [5.41, 5.74) is 9.73. The van der Waals surface area contributed by atoms with E-state index < -0.39 is 0 Å². The minimum atomic E-state index is 0.299. The number of pyridine rings is 1. The molecular formula is C16H23N5. The lowest BCUT2D eigenvalue weighted by Gasteiger charge is -2.21. The highest BCUT2D eigenvalue weighted by atomic mass is 15.1. The third kappa shape index (κ3) is 3.76. The van der Waals surface area contributed by atoms with E-state index >= 15 is 0 Å². The van der Waals surface area contributed by atoms with Crippen LogP contribution >= 0.6 is 0 Å². The molecule has 0 fully saturated rings. The van der Waals surface area contributed by atoms with Crippen molar-refractivity contribution in [3.63, 3.8) is 0 Å². The molecule has 21 heavy (non-hydrogen) atoms. The maximum Gasteiger partial charge on any atom is 0.131 e. The lowest BCUT2D eigenvalue weighted by molar-refractivity contribution is 0.747. The summed E-state index contributed by atoms with van der Waals surface area (Å²) >= 11 is 0. The quantitative estimate of drug-likeness (QED) is 0.913. The molecule has 2 N–H and O–H groups in total. The van der Waals surface area contributed by atoms with Gasteiger partial charge in [0, 0.05) is 25.2 Å². The zero-order valence-corrected chi connectivity index (χ0v) is 13.2.